The highest BCUT2D eigenvalue weighted by molar-refractivity contribution is 6.04. The highest BCUT2D eigenvalue weighted by Gasteiger charge is 2.44. The van der Waals surface area contributed by atoms with Gasteiger partial charge >= 0.3 is 5.97 Å². The van der Waals surface area contributed by atoms with Gasteiger partial charge < -0.3 is 19.8 Å². The predicted molar refractivity (Wildman–Crippen MR) is 100 cm³/mol. The molecule has 0 saturated heterocycles. The molecule has 0 amide bonds. The van der Waals surface area contributed by atoms with E-state index in [2.05, 4.69) is 15.3 Å². The summed E-state index contributed by atoms with van der Waals surface area (Å²) < 4.78 is 11.1. The first-order valence-electron chi connectivity index (χ1n) is 9.60. The number of carbonyl (C=O) groups excluding carboxylic acids is 1. The first-order valence-corrected chi connectivity index (χ1v) is 9.60. The Hall–Kier alpha value is -2.08. The summed E-state index contributed by atoms with van der Waals surface area (Å²) in [4.78, 5) is 20.0. The van der Waals surface area contributed by atoms with E-state index in [1.165, 1.54) is 12.8 Å². The number of esters is 1. The third-order valence-corrected chi connectivity index (χ3v) is 6.17. The molecular formula is C20H27N3O3. The van der Waals surface area contributed by atoms with Gasteiger partial charge in [-0.3, -0.25) is 0 Å². The summed E-state index contributed by atoms with van der Waals surface area (Å²) in [6.45, 7) is 2.17. The van der Waals surface area contributed by atoms with Gasteiger partial charge in [-0.25, -0.2) is 9.78 Å². The number of pyridine rings is 1. The van der Waals surface area contributed by atoms with Gasteiger partial charge in [-0.05, 0) is 51.0 Å². The van der Waals surface area contributed by atoms with Crippen LogP contribution in [0.15, 0.2) is 18.5 Å². The van der Waals surface area contributed by atoms with Gasteiger partial charge in [0.1, 0.15) is 11.2 Å². The largest absolute Gasteiger partial charge is 0.462 e. The molecule has 0 aromatic carbocycles. The number of anilines is 1. The fourth-order valence-corrected chi connectivity index (χ4v) is 4.78. The van der Waals surface area contributed by atoms with Crippen molar-refractivity contribution < 1.29 is 14.3 Å². The minimum absolute atomic E-state index is 0.0622. The topological polar surface area (TPSA) is 76.2 Å². The first kappa shape index (κ1) is 17.3. The molecular weight excluding hydrogens is 330 g/mol. The van der Waals surface area contributed by atoms with Crippen molar-refractivity contribution in [2.45, 2.75) is 57.1 Å². The summed E-state index contributed by atoms with van der Waals surface area (Å²) in [5.41, 5.74) is 2.20. The van der Waals surface area contributed by atoms with E-state index in [1.54, 1.807) is 6.20 Å². The fraction of sp³-hybridized carbons (Fsp3) is 0.600. The van der Waals surface area contributed by atoms with Gasteiger partial charge in [0.2, 0.25) is 0 Å². The Morgan fingerprint density at radius 1 is 1.42 bits per heavy atom. The molecule has 26 heavy (non-hydrogen) atoms. The SMILES string of the molecule is CCOC(=O)c1cnc2[nH]ccc2c1N[C@H]1CC[C@@]2(OC)CCC[C@@H]1C2. The lowest BCUT2D eigenvalue weighted by atomic mass is 9.67. The lowest BCUT2D eigenvalue weighted by Gasteiger charge is -2.48. The van der Waals surface area contributed by atoms with Crippen LogP contribution in [0.3, 0.4) is 0 Å². The van der Waals surface area contributed by atoms with Crippen LogP contribution in [0.2, 0.25) is 0 Å². The molecule has 2 saturated carbocycles. The Kier molecular flexibility index (Phi) is 4.61. The fourth-order valence-electron chi connectivity index (χ4n) is 4.78. The summed E-state index contributed by atoms with van der Waals surface area (Å²) in [5.74, 6) is 0.242. The van der Waals surface area contributed by atoms with Crippen LogP contribution in [0.5, 0.6) is 0 Å². The van der Waals surface area contributed by atoms with Crippen molar-refractivity contribution in [2.75, 3.05) is 19.0 Å². The third-order valence-electron chi connectivity index (χ3n) is 6.17. The van der Waals surface area contributed by atoms with Gasteiger partial charge in [-0.1, -0.05) is 6.42 Å². The second-order valence-corrected chi connectivity index (χ2v) is 7.54. The van der Waals surface area contributed by atoms with Crippen LogP contribution in [-0.4, -0.2) is 41.3 Å². The zero-order chi connectivity index (χ0) is 18.1. The molecule has 3 atom stereocenters. The smallest absolute Gasteiger partial charge is 0.341 e. The van der Waals surface area contributed by atoms with Crippen molar-refractivity contribution in [1.29, 1.82) is 0 Å². The van der Waals surface area contributed by atoms with Gasteiger partial charge in [0, 0.05) is 30.9 Å². The molecule has 2 heterocycles. The molecule has 2 aliphatic carbocycles. The number of carbonyl (C=O) groups is 1. The number of rotatable bonds is 5. The van der Waals surface area contributed by atoms with E-state index in [0.717, 1.165) is 42.4 Å². The molecule has 0 unspecified atom stereocenters. The molecule has 2 aliphatic rings. The van der Waals surface area contributed by atoms with Crippen molar-refractivity contribution in [3.8, 4) is 0 Å². The minimum Gasteiger partial charge on any atom is -0.462 e. The zero-order valence-electron chi connectivity index (χ0n) is 15.5. The molecule has 2 aromatic heterocycles. The van der Waals surface area contributed by atoms with E-state index in [-0.39, 0.29) is 11.6 Å². The van der Waals surface area contributed by atoms with E-state index in [0.29, 0.717) is 24.1 Å². The van der Waals surface area contributed by atoms with Crippen LogP contribution in [0.25, 0.3) is 11.0 Å². The number of hydrogen-bond donors (Lipinski definition) is 2. The number of nitrogens with zero attached hydrogens (tertiary/aromatic N) is 1. The van der Waals surface area contributed by atoms with E-state index >= 15 is 0 Å². The quantitative estimate of drug-likeness (QED) is 0.794. The van der Waals surface area contributed by atoms with E-state index in [1.807, 2.05) is 26.3 Å². The standard InChI is InChI=1S/C20H27N3O3/c1-3-26-19(24)15-12-22-18-14(7-10-21-18)17(15)23-16-6-9-20(25-2)8-4-5-13(16)11-20/h7,10,12-13,16H,3-6,8-9,11H2,1-2H3,(H2,21,22,23)/t13-,16+,20+/m1/s1. The van der Waals surface area contributed by atoms with E-state index < -0.39 is 0 Å². The number of hydrogen-bond acceptors (Lipinski definition) is 5. The molecule has 2 aromatic rings. The minimum atomic E-state index is -0.323. The molecule has 2 bridgehead atoms. The zero-order valence-corrected chi connectivity index (χ0v) is 15.5. The maximum absolute atomic E-state index is 12.5. The first-order chi connectivity index (χ1) is 12.7. The Labute approximate surface area is 153 Å². The maximum atomic E-state index is 12.5. The molecule has 0 radical (unpaired) electrons. The van der Waals surface area contributed by atoms with Gasteiger partial charge in [0.15, 0.2) is 0 Å². The number of aromatic nitrogens is 2. The average molecular weight is 357 g/mol. The van der Waals surface area contributed by atoms with Crippen molar-refractivity contribution >= 4 is 22.7 Å². The molecule has 2 fully saturated rings. The Balaban J connectivity index is 1.65. The second kappa shape index (κ2) is 6.91. The van der Waals surface area contributed by atoms with Gasteiger partial charge in [0.25, 0.3) is 0 Å². The van der Waals surface area contributed by atoms with Crippen molar-refractivity contribution in [1.82, 2.24) is 9.97 Å². The van der Waals surface area contributed by atoms with E-state index in [4.69, 9.17) is 9.47 Å². The van der Waals surface area contributed by atoms with Crippen LogP contribution < -0.4 is 5.32 Å². The summed E-state index contributed by atoms with van der Waals surface area (Å²) >= 11 is 0. The van der Waals surface area contributed by atoms with Gasteiger partial charge in [0.05, 0.1) is 17.9 Å². The molecule has 4 rings (SSSR count). The van der Waals surface area contributed by atoms with Crippen molar-refractivity contribution in [3.63, 3.8) is 0 Å². The van der Waals surface area contributed by atoms with Crippen molar-refractivity contribution in [3.05, 3.63) is 24.0 Å². The van der Waals surface area contributed by atoms with Gasteiger partial charge in [-0.15, -0.1) is 0 Å². The molecule has 6 nitrogen and oxygen atoms in total. The Morgan fingerprint density at radius 2 is 2.31 bits per heavy atom. The highest BCUT2D eigenvalue weighted by atomic mass is 16.5. The normalized spacial score (nSPS) is 28.1. The summed E-state index contributed by atoms with van der Waals surface area (Å²) in [6, 6.07) is 2.31. The average Bonchev–Trinajstić information content (AvgIpc) is 3.14. The number of H-pyrrole nitrogens is 1. The van der Waals surface area contributed by atoms with Crippen molar-refractivity contribution in [2.24, 2.45) is 5.92 Å². The Bertz CT molecular complexity index is 803. The number of ether oxygens (including phenoxy) is 2. The number of aromatic amines is 1. The summed E-state index contributed by atoms with van der Waals surface area (Å²) in [7, 11) is 1.85. The molecule has 2 N–H and O–H groups in total. The number of methoxy groups -OCH3 is 1. The summed E-state index contributed by atoms with van der Waals surface area (Å²) in [6.07, 6.45) is 10.3. The van der Waals surface area contributed by atoms with Crippen LogP contribution >= 0.6 is 0 Å². The second-order valence-electron chi connectivity index (χ2n) is 7.54. The summed E-state index contributed by atoms with van der Waals surface area (Å²) in [5, 5.41) is 4.64. The third kappa shape index (κ3) is 2.96. The Morgan fingerprint density at radius 3 is 3.12 bits per heavy atom. The number of fused-ring (bicyclic) bond motifs is 3. The maximum Gasteiger partial charge on any atom is 0.341 e. The molecule has 0 aliphatic heterocycles. The monoisotopic (exact) mass is 357 g/mol. The lowest BCUT2D eigenvalue weighted by molar-refractivity contribution is -0.0830. The molecule has 140 valence electrons. The highest BCUT2D eigenvalue weighted by Crippen LogP contribution is 2.46. The molecule has 0 spiro atoms. The van der Waals surface area contributed by atoms with E-state index in [9.17, 15) is 4.79 Å². The van der Waals surface area contributed by atoms with Gasteiger partial charge in [-0.2, -0.15) is 0 Å². The molecule has 6 heteroatoms. The van der Waals surface area contributed by atoms with Crippen LogP contribution in [0.1, 0.15) is 55.8 Å². The van der Waals surface area contributed by atoms with Crippen LogP contribution in [0.4, 0.5) is 5.69 Å². The lowest BCUT2D eigenvalue weighted by Crippen LogP contribution is -2.48. The van der Waals surface area contributed by atoms with Crippen LogP contribution in [-0.2, 0) is 9.47 Å². The van der Waals surface area contributed by atoms with Crippen LogP contribution in [0, 0.1) is 5.92 Å². The number of nitrogens with one attached hydrogen (secondary N) is 2. The predicted octanol–water partition coefficient (Wildman–Crippen LogP) is 3.89.